The Hall–Kier alpha value is -1.21. The van der Waals surface area contributed by atoms with Crippen LogP contribution in [0.1, 0.15) is 18.6 Å². The lowest BCUT2D eigenvalue weighted by atomic mass is 10.1. The largest absolute Gasteiger partial charge is 0.491 e. The second kappa shape index (κ2) is 10.5. The molecule has 0 fully saturated rings. The summed E-state index contributed by atoms with van der Waals surface area (Å²) in [5, 5.41) is 9.57. The van der Waals surface area contributed by atoms with E-state index >= 15 is 0 Å². The average Bonchev–Trinajstić information content (AvgIpc) is 2.46. The predicted octanol–water partition coefficient (Wildman–Crippen LogP) is 1.94. The van der Waals surface area contributed by atoms with Crippen LogP contribution in [0.5, 0.6) is 5.75 Å². The lowest BCUT2D eigenvalue weighted by molar-refractivity contribution is 0.0177. The quantitative estimate of drug-likeness (QED) is 0.633. The SMILES string of the molecule is COCCOCCOCCOc1ccc(F)cc1[C@H](C)O. The third-order valence-electron chi connectivity index (χ3n) is 2.71. The number of aliphatic hydroxyl groups is 1. The molecule has 1 aromatic rings. The number of aliphatic hydroxyl groups excluding tert-OH is 1. The summed E-state index contributed by atoms with van der Waals surface area (Å²) in [6, 6.07) is 4.07. The van der Waals surface area contributed by atoms with Gasteiger partial charge in [-0.1, -0.05) is 0 Å². The zero-order valence-electron chi connectivity index (χ0n) is 12.5. The number of ether oxygens (including phenoxy) is 4. The highest BCUT2D eigenvalue weighted by Crippen LogP contribution is 2.25. The first-order valence-corrected chi connectivity index (χ1v) is 6.90. The van der Waals surface area contributed by atoms with Gasteiger partial charge in [0.15, 0.2) is 0 Å². The van der Waals surface area contributed by atoms with Crippen molar-refractivity contribution in [1.29, 1.82) is 0 Å². The summed E-state index contributed by atoms with van der Waals surface area (Å²) in [5.41, 5.74) is 0.429. The van der Waals surface area contributed by atoms with E-state index in [0.717, 1.165) is 0 Å². The Morgan fingerprint density at radius 1 is 1.05 bits per heavy atom. The Morgan fingerprint density at radius 2 is 1.67 bits per heavy atom. The van der Waals surface area contributed by atoms with Gasteiger partial charge in [-0.15, -0.1) is 0 Å². The van der Waals surface area contributed by atoms with Crippen molar-refractivity contribution in [2.75, 3.05) is 46.8 Å². The van der Waals surface area contributed by atoms with Crippen LogP contribution in [0.2, 0.25) is 0 Å². The van der Waals surface area contributed by atoms with Gasteiger partial charge in [-0.25, -0.2) is 4.39 Å². The molecule has 0 aliphatic rings. The van der Waals surface area contributed by atoms with E-state index in [1.807, 2.05) is 0 Å². The molecule has 0 aromatic heterocycles. The highest BCUT2D eigenvalue weighted by atomic mass is 19.1. The summed E-state index contributed by atoms with van der Waals surface area (Å²) in [4.78, 5) is 0. The van der Waals surface area contributed by atoms with E-state index < -0.39 is 11.9 Å². The molecule has 0 heterocycles. The van der Waals surface area contributed by atoms with Crippen molar-refractivity contribution in [3.63, 3.8) is 0 Å². The fourth-order valence-corrected chi connectivity index (χ4v) is 1.65. The minimum absolute atomic E-state index is 0.323. The van der Waals surface area contributed by atoms with Crippen molar-refractivity contribution < 1.29 is 28.4 Å². The second-order valence-electron chi connectivity index (χ2n) is 4.42. The molecule has 0 aliphatic heterocycles. The fraction of sp³-hybridized carbons (Fsp3) is 0.600. The van der Waals surface area contributed by atoms with E-state index in [1.54, 1.807) is 14.0 Å². The van der Waals surface area contributed by atoms with Crippen LogP contribution in [0.4, 0.5) is 4.39 Å². The Labute approximate surface area is 124 Å². The molecule has 1 rings (SSSR count). The summed E-state index contributed by atoms with van der Waals surface area (Å²) >= 11 is 0. The molecule has 0 aliphatic carbocycles. The molecule has 5 nitrogen and oxygen atoms in total. The number of halogens is 1. The van der Waals surface area contributed by atoms with Crippen molar-refractivity contribution in [2.45, 2.75) is 13.0 Å². The Morgan fingerprint density at radius 3 is 2.29 bits per heavy atom. The Kier molecular flexibility index (Phi) is 8.93. The summed E-state index contributed by atoms with van der Waals surface area (Å²) < 4.78 is 34.0. The van der Waals surface area contributed by atoms with Gasteiger partial charge >= 0.3 is 0 Å². The average molecular weight is 302 g/mol. The van der Waals surface area contributed by atoms with E-state index in [9.17, 15) is 9.50 Å². The van der Waals surface area contributed by atoms with Gasteiger partial charge in [0, 0.05) is 12.7 Å². The van der Waals surface area contributed by atoms with Gasteiger partial charge in [0.25, 0.3) is 0 Å². The number of hydrogen-bond acceptors (Lipinski definition) is 5. The molecule has 0 saturated heterocycles. The molecule has 1 atom stereocenters. The molecule has 21 heavy (non-hydrogen) atoms. The molecule has 1 N–H and O–H groups in total. The number of methoxy groups -OCH3 is 1. The van der Waals surface area contributed by atoms with Crippen LogP contribution in [0.25, 0.3) is 0 Å². The third-order valence-corrected chi connectivity index (χ3v) is 2.71. The topological polar surface area (TPSA) is 57.2 Å². The van der Waals surface area contributed by atoms with Crippen LogP contribution in [-0.2, 0) is 14.2 Å². The summed E-state index contributed by atoms with van der Waals surface area (Å²) in [6.45, 7) is 4.36. The van der Waals surface area contributed by atoms with Crippen LogP contribution < -0.4 is 4.74 Å². The van der Waals surface area contributed by atoms with Crippen molar-refractivity contribution in [1.82, 2.24) is 0 Å². The van der Waals surface area contributed by atoms with Gasteiger partial charge in [0.2, 0.25) is 0 Å². The van der Waals surface area contributed by atoms with E-state index in [2.05, 4.69) is 0 Å². The minimum Gasteiger partial charge on any atom is -0.491 e. The van der Waals surface area contributed by atoms with Crippen LogP contribution in [0.15, 0.2) is 18.2 Å². The van der Waals surface area contributed by atoms with Crippen molar-refractivity contribution in [2.24, 2.45) is 0 Å². The van der Waals surface area contributed by atoms with Crippen LogP contribution in [-0.4, -0.2) is 51.9 Å². The minimum atomic E-state index is -0.786. The molecule has 0 saturated carbocycles. The zero-order valence-corrected chi connectivity index (χ0v) is 12.5. The molecule has 6 heteroatoms. The summed E-state index contributed by atoms with van der Waals surface area (Å²) in [7, 11) is 1.62. The second-order valence-corrected chi connectivity index (χ2v) is 4.42. The van der Waals surface area contributed by atoms with Crippen LogP contribution in [0, 0.1) is 5.82 Å². The van der Waals surface area contributed by atoms with E-state index in [-0.39, 0.29) is 0 Å². The predicted molar refractivity (Wildman–Crippen MR) is 76.0 cm³/mol. The maximum absolute atomic E-state index is 13.1. The first-order chi connectivity index (χ1) is 10.1. The van der Waals surface area contributed by atoms with E-state index in [0.29, 0.717) is 51.0 Å². The van der Waals surface area contributed by atoms with Crippen molar-refractivity contribution >= 4 is 0 Å². The van der Waals surface area contributed by atoms with Crippen molar-refractivity contribution in [3.8, 4) is 5.75 Å². The van der Waals surface area contributed by atoms with E-state index in [1.165, 1.54) is 18.2 Å². The van der Waals surface area contributed by atoms with Crippen LogP contribution >= 0.6 is 0 Å². The normalized spacial score (nSPS) is 12.4. The molecule has 1 aromatic carbocycles. The molecule has 0 spiro atoms. The molecule has 120 valence electrons. The standard InChI is InChI=1S/C15H23FO5/c1-12(17)14-11-13(16)3-4-15(14)21-10-9-20-8-7-19-6-5-18-2/h3-4,11-12,17H,5-10H2,1-2H3/t12-/m0/s1. The monoisotopic (exact) mass is 302 g/mol. The molecule has 0 amide bonds. The van der Waals surface area contributed by atoms with Gasteiger partial charge in [0.05, 0.1) is 39.1 Å². The number of rotatable bonds is 11. The molecular formula is C15H23FO5. The highest BCUT2D eigenvalue weighted by Gasteiger charge is 2.10. The van der Waals surface area contributed by atoms with Gasteiger partial charge < -0.3 is 24.1 Å². The van der Waals surface area contributed by atoms with Gasteiger partial charge in [0.1, 0.15) is 18.2 Å². The number of hydrogen-bond donors (Lipinski definition) is 1. The smallest absolute Gasteiger partial charge is 0.125 e. The highest BCUT2D eigenvalue weighted by molar-refractivity contribution is 5.35. The molecular weight excluding hydrogens is 279 g/mol. The van der Waals surface area contributed by atoms with Gasteiger partial charge in [-0.2, -0.15) is 0 Å². The van der Waals surface area contributed by atoms with Crippen molar-refractivity contribution in [3.05, 3.63) is 29.6 Å². The lowest BCUT2D eigenvalue weighted by Crippen LogP contribution is -2.13. The first kappa shape index (κ1) is 17.8. The molecule has 0 unspecified atom stereocenters. The van der Waals surface area contributed by atoms with Crippen LogP contribution in [0.3, 0.4) is 0 Å². The maximum atomic E-state index is 13.1. The van der Waals surface area contributed by atoms with Gasteiger partial charge in [-0.3, -0.25) is 0 Å². The molecule has 0 radical (unpaired) electrons. The third kappa shape index (κ3) is 7.38. The lowest BCUT2D eigenvalue weighted by Gasteiger charge is -2.13. The van der Waals surface area contributed by atoms with E-state index in [4.69, 9.17) is 18.9 Å². The first-order valence-electron chi connectivity index (χ1n) is 6.90. The fourth-order valence-electron chi connectivity index (χ4n) is 1.65. The Bertz CT molecular complexity index is 398. The molecule has 0 bridgehead atoms. The summed E-state index contributed by atoms with van der Waals surface area (Å²) in [6.07, 6.45) is -0.786. The number of benzene rings is 1. The zero-order chi connectivity index (χ0) is 15.5. The van der Waals surface area contributed by atoms with Gasteiger partial charge in [-0.05, 0) is 25.1 Å². The Balaban J connectivity index is 2.18. The maximum Gasteiger partial charge on any atom is 0.125 e. The summed E-state index contributed by atoms with van der Waals surface area (Å²) in [5.74, 6) is 0.0639.